The largest absolute Gasteiger partial charge is 0.348 e. The Hall–Kier alpha value is -3.29. The van der Waals surface area contributed by atoms with Crippen molar-refractivity contribution >= 4 is 27.9 Å². The number of nitrogens with one attached hydrogen (secondary N) is 2. The molecule has 7 heteroatoms. The van der Waals surface area contributed by atoms with E-state index in [0.717, 1.165) is 46.3 Å². The smallest absolute Gasteiger partial charge is 0.312 e. The molecule has 5 aromatic rings. The Morgan fingerprint density at radius 1 is 1.10 bits per heavy atom. The zero-order valence-electron chi connectivity index (χ0n) is 15.6. The van der Waals surface area contributed by atoms with Gasteiger partial charge in [0, 0.05) is 36.8 Å². The first kappa shape index (κ1) is 17.8. The second kappa shape index (κ2) is 7.62. The van der Waals surface area contributed by atoms with Crippen molar-refractivity contribution in [2.75, 3.05) is 6.54 Å². The van der Waals surface area contributed by atoms with Crippen molar-refractivity contribution in [3.8, 4) is 11.1 Å². The minimum atomic E-state index is -0.220. The van der Waals surface area contributed by atoms with Crippen LogP contribution in [0.15, 0.2) is 70.3 Å². The second-order valence-corrected chi connectivity index (χ2v) is 7.66. The normalized spacial score (nSPS) is 11.4. The van der Waals surface area contributed by atoms with Crippen molar-refractivity contribution in [3.63, 3.8) is 0 Å². The lowest BCUT2D eigenvalue weighted by molar-refractivity contribution is 0.682. The number of hydrogen-bond donors (Lipinski definition) is 2. The Morgan fingerprint density at radius 2 is 2.07 bits per heavy atom. The zero-order valence-corrected chi connectivity index (χ0v) is 16.4. The number of aromatic nitrogens is 4. The molecule has 0 aliphatic rings. The van der Waals surface area contributed by atoms with Crippen molar-refractivity contribution < 1.29 is 0 Å². The highest BCUT2D eigenvalue weighted by molar-refractivity contribution is 7.08. The molecule has 6 nitrogen and oxygen atoms in total. The molecule has 2 N–H and O–H groups in total. The molecule has 0 aliphatic heterocycles. The molecule has 0 radical (unpaired) electrons. The first-order chi connectivity index (χ1) is 14.3. The summed E-state index contributed by atoms with van der Waals surface area (Å²) in [5.74, 6) is 0. The SMILES string of the molecule is O=c1[nH]nc2cc(CNCCc3ccccn3)c3ccc(-c4ccsc4)cc3n12. The molecule has 0 saturated heterocycles. The fourth-order valence-electron chi connectivity index (χ4n) is 3.60. The number of benzene rings is 1. The Bertz CT molecular complexity index is 1320. The Morgan fingerprint density at radius 3 is 2.90 bits per heavy atom. The maximum Gasteiger partial charge on any atom is 0.348 e. The first-order valence-electron chi connectivity index (χ1n) is 9.45. The molecular formula is C22H19N5OS. The van der Waals surface area contributed by atoms with Crippen molar-refractivity contribution in [1.29, 1.82) is 0 Å². The topological polar surface area (TPSA) is 75.1 Å². The van der Waals surface area contributed by atoms with E-state index in [-0.39, 0.29) is 5.69 Å². The fourth-order valence-corrected chi connectivity index (χ4v) is 4.27. The van der Waals surface area contributed by atoms with Crippen LogP contribution in [0.3, 0.4) is 0 Å². The van der Waals surface area contributed by atoms with Crippen molar-refractivity contribution in [2.45, 2.75) is 13.0 Å². The lowest BCUT2D eigenvalue weighted by Crippen LogP contribution is -2.18. The molecule has 29 heavy (non-hydrogen) atoms. The van der Waals surface area contributed by atoms with Gasteiger partial charge < -0.3 is 5.32 Å². The van der Waals surface area contributed by atoms with E-state index in [2.05, 4.69) is 55.5 Å². The number of aromatic amines is 1. The fraction of sp³-hybridized carbons (Fsp3) is 0.136. The number of hydrogen-bond acceptors (Lipinski definition) is 5. The number of H-pyrrole nitrogens is 1. The third-order valence-corrected chi connectivity index (χ3v) is 5.72. The molecule has 5 rings (SSSR count). The van der Waals surface area contributed by atoms with Gasteiger partial charge in [0.25, 0.3) is 0 Å². The van der Waals surface area contributed by atoms with Gasteiger partial charge in [0.1, 0.15) is 0 Å². The highest BCUT2D eigenvalue weighted by Crippen LogP contribution is 2.28. The van der Waals surface area contributed by atoms with Crippen molar-refractivity contribution in [3.05, 3.63) is 87.2 Å². The van der Waals surface area contributed by atoms with Gasteiger partial charge in [-0.05, 0) is 57.8 Å². The summed E-state index contributed by atoms with van der Waals surface area (Å²) in [6.45, 7) is 1.52. The van der Waals surface area contributed by atoms with Crippen LogP contribution in [0.2, 0.25) is 0 Å². The van der Waals surface area contributed by atoms with Gasteiger partial charge in [-0.25, -0.2) is 14.3 Å². The molecule has 0 atom stereocenters. The summed E-state index contributed by atoms with van der Waals surface area (Å²) < 4.78 is 1.64. The number of fused-ring (bicyclic) bond motifs is 3. The van der Waals surface area contributed by atoms with Gasteiger partial charge >= 0.3 is 5.69 Å². The minimum absolute atomic E-state index is 0.220. The number of thiophene rings is 1. The summed E-state index contributed by atoms with van der Waals surface area (Å²) in [7, 11) is 0. The minimum Gasteiger partial charge on any atom is -0.312 e. The first-order valence-corrected chi connectivity index (χ1v) is 10.4. The van der Waals surface area contributed by atoms with Crippen molar-refractivity contribution in [1.82, 2.24) is 24.9 Å². The summed E-state index contributed by atoms with van der Waals surface area (Å²) in [5.41, 5.74) is 5.71. The van der Waals surface area contributed by atoms with Crippen LogP contribution in [0.4, 0.5) is 0 Å². The average Bonchev–Trinajstić information content (AvgIpc) is 3.42. The molecule has 0 fully saturated rings. The lowest BCUT2D eigenvalue weighted by Gasteiger charge is -2.11. The highest BCUT2D eigenvalue weighted by Gasteiger charge is 2.12. The lowest BCUT2D eigenvalue weighted by atomic mass is 10.0. The number of pyridine rings is 2. The summed E-state index contributed by atoms with van der Waals surface area (Å²) in [6, 6.07) is 16.3. The highest BCUT2D eigenvalue weighted by atomic mass is 32.1. The van der Waals surface area contributed by atoms with Crippen LogP contribution in [-0.4, -0.2) is 26.1 Å². The molecule has 0 saturated carbocycles. The molecule has 0 amide bonds. The van der Waals surface area contributed by atoms with E-state index in [4.69, 9.17) is 0 Å². The van der Waals surface area contributed by atoms with Gasteiger partial charge in [0.2, 0.25) is 0 Å². The van der Waals surface area contributed by atoms with E-state index in [9.17, 15) is 4.79 Å². The number of rotatable bonds is 6. The predicted octanol–water partition coefficient (Wildman–Crippen LogP) is 3.63. The summed E-state index contributed by atoms with van der Waals surface area (Å²) in [6.07, 6.45) is 2.68. The molecule has 0 unspecified atom stereocenters. The van der Waals surface area contributed by atoms with Crippen LogP contribution in [0.25, 0.3) is 27.7 Å². The molecule has 4 heterocycles. The number of nitrogens with zero attached hydrogens (tertiary/aromatic N) is 3. The summed E-state index contributed by atoms with van der Waals surface area (Å²) >= 11 is 1.66. The van der Waals surface area contributed by atoms with Crippen LogP contribution in [0.1, 0.15) is 11.3 Å². The summed E-state index contributed by atoms with van der Waals surface area (Å²) in [4.78, 5) is 16.7. The molecule has 144 valence electrons. The van der Waals surface area contributed by atoms with Crippen LogP contribution >= 0.6 is 11.3 Å². The van der Waals surface area contributed by atoms with Gasteiger partial charge in [-0.1, -0.05) is 18.2 Å². The monoisotopic (exact) mass is 401 g/mol. The van der Waals surface area contributed by atoms with E-state index in [0.29, 0.717) is 12.2 Å². The van der Waals surface area contributed by atoms with Gasteiger partial charge in [-0.2, -0.15) is 16.4 Å². The molecule has 0 aliphatic carbocycles. The van der Waals surface area contributed by atoms with Crippen LogP contribution in [-0.2, 0) is 13.0 Å². The van der Waals surface area contributed by atoms with Crippen LogP contribution in [0, 0.1) is 0 Å². The third-order valence-electron chi connectivity index (χ3n) is 5.04. The average molecular weight is 401 g/mol. The van der Waals surface area contributed by atoms with Gasteiger partial charge in [-0.15, -0.1) is 0 Å². The summed E-state index contributed by atoms with van der Waals surface area (Å²) in [5, 5.41) is 15.5. The standard InChI is InChI=1S/C22H19N5OS/c28-22-26-25-21-12-17(13-23-9-6-18-3-1-2-8-24-18)19-5-4-15(11-20(19)27(21)22)16-7-10-29-14-16/h1-5,7-8,10-12,14,23H,6,9,13H2,(H,26,28). The Balaban J connectivity index is 1.48. The molecule has 1 aromatic carbocycles. The second-order valence-electron chi connectivity index (χ2n) is 6.88. The van der Waals surface area contributed by atoms with E-state index in [1.807, 2.05) is 30.5 Å². The van der Waals surface area contributed by atoms with Gasteiger partial charge in [0.15, 0.2) is 5.65 Å². The maximum atomic E-state index is 12.3. The van der Waals surface area contributed by atoms with Crippen LogP contribution in [0.5, 0.6) is 0 Å². The van der Waals surface area contributed by atoms with Crippen LogP contribution < -0.4 is 11.0 Å². The van der Waals surface area contributed by atoms with E-state index >= 15 is 0 Å². The predicted molar refractivity (Wildman–Crippen MR) is 116 cm³/mol. The van der Waals surface area contributed by atoms with Gasteiger partial charge in [0.05, 0.1) is 5.52 Å². The molecular weight excluding hydrogens is 382 g/mol. The van der Waals surface area contributed by atoms with E-state index in [1.54, 1.807) is 15.7 Å². The quantitative estimate of drug-likeness (QED) is 0.426. The molecule has 0 spiro atoms. The van der Waals surface area contributed by atoms with Gasteiger partial charge in [-0.3, -0.25) is 4.98 Å². The third kappa shape index (κ3) is 3.46. The molecule has 0 bridgehead atoms. The molecule has 4 aromatic heterocycles. The maximum absolute atomic E-state index is 12.3. The Kier molecular flexibility index (Phi) is 4.67. The van der Waals surface area contributed by atoms with Crippen molar-refractivity contribution in [2.24, 2.45) is 0 Å². The zero-order chi connectivity index (χ0) is 19.6. The Labute approximate surface area is 170 Å². The van der Waals surface area contributed by atoms with E-state index < -0.39 is 0 Å². The van der Waals surface area contributed by atoms with E-state index in [1.165, 1.54) is 0 Å².